The molecule has 0 fully saturated rings. The summed E-state index contributed by atoms with van der Waals surface area (Å²) in [4.78, 5) is 28.1. The minimum Gasteiger partial charge on any atom is -0.497 e. The number of nitrogens with one attached hydrogen (secondary N) is 1. The standard InChI is InChI=1S/C25H34N2O3/c1-7-22(24(29)26-25(3,4)5)27(17-19-11-13-21(30-6)14-12-19)23(28)16-20-10-8-9-18(2)15-20/h8-15,22H,7,16-17H2,1-6H3,(H,26,29). The van der Waals surface area contributed by atoms with Gasteiger partial charge in [0, 0.05) is 12.1 Å². The van der Waals surface area contributed by atoms with Crippen LogP contribution in [0.2, 0.25) is 0 Å². The van der Waals surface area contributed by atoms with Gasteiger partial charge >= 0.3 is 0 Å². The molecule has 0 aromatic heterocycles. The van der Waals surface area contributed by atoms with Crippen LogP contribution >= 0.6 is 0 Å². The van der Waals surface area contributed by atoms with E-state index in [4.69, 9.17) is 4.74 Å². The lowest BCUT2D eigenvalue weighted by atomic mass is 10.0. The third kappa shape index (κ3) is 6.90. The van der Waals surface area contributed by atoms with Crippen molar-refractivity contribution in [3.63, 3.8) is 0 Å². The van der Waals surface area contributed by atoms with E-state index in [9.17, 15) is 9.59 Å². The number of methoxy groups -OCH3 is 1. The fourth-order valence-electron chi connectivity index (χ4n) is 3.40. The lowest BCUT2D eigenvalue weighted by Crippen LogP contribution is -2.53. The van der Waals surface area contributed by atoms with Gasteiger partial charge in [-0.1, -0.05) is 48.9 Å². The summed E-state index contributed by atoms with van der Waals surface area (Å²) in [5.41, 5.74) is 2.65. The van der Waals surface area contributed by atoms with Gasteiger partial charge < -0.3 is 15.0 Å². The molecule has 2 aromatic rings. The molecule has 1 atom stereocenters. The Hall–Kier alpha value is -2.82. The van der Waals surface area contributed by atoms with E-state index in [-0.39, 0.29) is 23.8 Å². The van der Waals surface area contributed by atoms with Gasteiger partial charge in [0.2, 0.25) is 11.8 Å². The van der Waals surface area contributed by atoms with Gasteiger partial charge in [-0.3, -0.25) is 9.59 Å². The normalized spacial score (nSPS) is 12.2. The molecule has 2 rings (SSSR count). The highest BCUT2D eigenvalue weighted by Crippen LogP contribution is 2.18. The largest absolute Gasteiger partial charge is 0.497 e. The molecule has 0 radical (unpaired) electrons. The second-order valence-corrected chi connectivity index (χ2v) is 8.70. The molecular weight excluding hydrogens is 376 g/mol. The molecule has 0 saturated carbocycles. The van der Waals surface area contributed by atoms with Crippen molar-refractivity contribution in [1.82, 2.24) is 10.2 Å². The van der Waals surface area contributed by atoms with Crippen LogP contribution in [0.5, 0.6) is 5.75 Å². The SMILES string of the molecule is CCC(C(=O)NC(C)(C)C)N(Cc1ccc(OC)cc1)C(=O)Cc1cccc(C)c1. The summed E-state index contributed by atoms with van der Waals surface area (Å²) in [5, 5.41) is 3.03. The predicted molar refractivity (Wildman–Crippen MR) is 120 cm³/mol. The van der Waals surface area contributed by atoms with Gasteiger partial charge in [-0.2, -0.15) is 0 Å². The Morgan fingerprint density at radius 3 is 2.27 bits per heavy atom. The number of nitrogens with zero attached hydrogens (tertiary/aromatic N) is 1. The minimum atomic E-state index is -0.538. The van der Waals surface area contributed by atoms with E-state index in [1.54, 1.807) is 12.0 Å². The van der Waals surface area contributed by atoms with Crippen molar-refractivity contribution in [1.29, 1.82) is 0 Å². The molecule has 5 nitrogen and oxygen atoms in total. The van der Waals surface area contributed by atoms with E-state index in [0.717, 1.165) is 22.4 Å². The number of rotatable bonds is 8. The average molecular weight is 411 g/mol. The van der Waals surface area contributed by atoms with Crippen molar-refractivity contribution in [3.8, 4) is 5.75 Å². The summed E-state index contributed by atoms with van der Waals surface area (Å²) in [7, 11) is 1.62. The molecule has 5 heteroatoms. The van der Waals surface area contributed by atoms with Gasteiger partial charge in [0.05, 0.1) is 13.5 Å². The second-order valence-electron chi connectivity index (χ2n) is 8.70. The van der Waals surface area contributed by atoms with Crippen molar-refractivity contribution in [2.45, 2.75) is 65.6 Å². The van der Waals surface area contributed by atoms with E-state index >= 15 is 0 Å². The molecule has 0 spiro atoms. The van der Waals surface area contributed by atoms with Gasteiger partial charge in [-0.05, 0) is 57.4 Å². The first kappa shape index (κ1) is 23.5. The molecule has 0 aliphatic rings. The number of amides is 2. The topological polar surface area (TPSA) is 58.6 Å². The van der Waals surface area contributed by atoms with Crippen LogP contribution in [0.15, 0.2) is 48.5 Å². The van der Waals surface area contributed by atoms with Crippen molar-refractivity contribution in [2.75, 3.05) is 7.11 Å². The predicted octanol–water partition coefficient (Wildman–Crippen LogP) is 4.27. The first-order valence-corrected chi connectivity index (χ1v) is 10.4. The second kappa shape index (κ2) is 10.3. The molecule has 0 bridgehead atoms. The van der Waals surface area contributed by atoms with Crippen LogP contribution in [-0.2, 0) is 22.6 Å². The lowest BCUT2D eigenvalue weighted by Gasteiger charge is -2.33. The van der Waals surface area contributed by atoms with E-state index < -0.39 is 6.04 Å². The van der Waals surface area contributed by atoms with Crippen molar-refractivity contribution < 1.29 is 14.3 Å². The smallest absolute Gasteiger partial charge is 0.243 e. The van der Waals surface area contributed by atoms with E-state index in [1.165, 1.54) is 0 Å². The van der Waals surface area contributed by atoms with Crippen LogP contribution in [0.1, 0.15) is 50.8 Å². The molecule has 0 aliphatic heterocycles. The first-order valence-electron chi connectivity index (χ1n) is 10.4. The number of aryl methyl sites for hydroxylation is 1. The van der Waals surface area contributed by atoms with E-state index in [0.29, 0.717) is 13.0 Å². The van der Waals surface area contributed by atoms with Crippen LogP contribution < -0.4 is 10.1 Å². The van der Waals surface area contributed by atoms with Gasteiger partial charge in [-0.25, -0.2) is 0 Å². The zero-order valence-electron chi connectivity index (χ0n) is 19.0. The van der Waals surface area contributed by atoms with Gasteiger partial charge in [0.25, 0.3) is 0 Å². The zero-order valence-corrected chi connectivity index (χ0v) is 19.0. The Morgan fingerprint density at radius 2 is 1.73 bits per heavy atom. The molecule has 1 N–H and O–H groups in total. The summed E-state index contributed by atoms with van der Waals surface area (Å²) in [5.74, 6) is 0.567. The molecule has 0 aliphatic carbocycles. The average Bonchev–Trinajstić information content (AvgIpc) is 2.67. The summed E-state index contributed by atoms with van der Waals surface area (Å²) in [6, 6.07) is 15.0. The summed E-state index contributed by atoms with van der Waals surface area (Å²) < 4.78 is 5.23. The monoisotopic (exact) mass is 410 g/mol. The van der Waals surface area contributed by atoms with Crippen molar-refractivity contribution >= 4 is 11.8 Å². The molecular formula is C25H34N2O3. The highest BCUT2D eigenvalue weighted by Gasteiger charge is 2.30. The fourth-order valence-corrected chi connectivity index (χ4v) is 3.40. The molecule has 2 aromatic carbocycles. The Balaban J connectivity index is 2.31. The molecule has 1 unspecified atom stereocenters. The van der Waals surface area contributed by atoms with E-state index in [2.05, 4.69) is 5.32 Å². The van der Waals surface area contributed by atoms with Crippen LogP contribution in [0, 0.1) is 6.92 Å². The number of hydrogen-bond donors (Lipinski definition) is 1. The first-order chi connectivity index (χ1) is 14.1. The number of ether oxygens (including phenoxy) is 1. The molecule has 0 heterocycles. The maximum atomic E-state index is 13.3. The Morgan fingerprint density at radius 1 is 1.07 bits per heavy atom. The zero-order chi connectivity index (χ0) is 22.3. The van der Waals surface area contributed by atoms with Crippen molar-refractivity contribution in [3.05, 3.63) is 65.2 Å². The number of carbonyl (C=O) groups is 2. The van der Waals surface area contributed by atoms with Gasteiger partial charge in [0.1, 0.15) is 11.8 Å². The minimum absolute atomic E-state index is 0.0627. The summed E-state index contributed by atoms with van der Waals surface area (Å²) >= 11 is 0. The third-order valence-electron chi connectivity index (χ3n) is 4.83. The molecule has 30 heavy (non-hydrogen) atoms. The maximum absolute atomic E-state index is 13.3. The Bertz CT molecular complexity index is 853. The quantitative estimate of drug-likeness (QED) is 0.707. The molecule has 2 amide bonds. The van der Waals surface area contributed by atoms with Gasteiger partial charge in [0.15, 0.2) is 0 Å². The van der Waals surface area contributed by atoms with Crippen LogP contribution in [-0.4, -0.2) is 35.4 Å². The Labute approximate surface area is 180 Å². The summed E-state index contributed by atoms with van der Waals surface area (Å²) in [6.45, 7) is 10.1. The van der Waals surface area contributed by atoms with Gasteiger partial charge in [-0.15, -0.1) is 0 Å². The van der Waals surface area contributed by atoms with E-state index in [1.807, 2.05) is 83.1 Å². The highest BCUT2D eigenvalue weighted by molar-refractivity contribution is 5.88. The fraction of sp³-hybridized carbons (Fsp3) is 0.440. The van der Waals surface area contributed by atoms with Crippen LogP contribution in [0.3, 0.4) is 0 Å². The number of benzene rings is 2. The summed E-state index contributed by atoms with van der Waals surface area (Å²) in [6.07, 6.45) is 0.800. The number of hydrogen-bond acceptors (Lipinski definition) is 3. The van der Waals surface area contributed by atoms with Crippen molar-refractivity contribution in [2.24, 2.45) is 0 Å². The third-order valence-corrected chi connectivity index (χ3v) is 4.83. The van der Waals surface area contributed by atoms with Crippen LogP contribution in [0.4, 0.5) is 0 Å². The Kier molecular flexibility index (Phi) is 8.04. The molecule has 0 saturated heterocycles. The molecule has 162 valence electrons. The lowest BCUT2D eigenvalue weighted by molar-refractivity contribution is -0.141. The highest BCUT2D eigenvalue weighted by atomic mass is 16.5. The number of carbonyl (C=O) groups excluding carboxylic acids is 2. The van der Waals surface area contributed by atoms with Crippen LogP contribution in [0.25, 0.3) is 0 Å². The maximum Gasteiger partial charge on any atom is 0.243 e.